The summed E-state index contributed by atoms with van der Waals surface area (Å²) in [6, 6.07) is 6.51. The highest BCUT2D eigenvalue weighted by Gasteiger charge is 2.21. The predicted octanol–water partition coefficient (Wildman–Crippen LogP) is 6.36. The first-order valence-corrected chi connectivity index (χ1v) is 10.6. The van der Waals surface area contributed by atoms with Crippen LogP contribution < -0.4 is 4.74 Å². The van der Waals surface area contributed by atoms with Gasteiger partial charge in [-0.25, -0.2) is 4.39 Å². The maximum Gasteiger partial charge on any atom is 0.201 e. The molecule has 28 heavy (non-hydrogen) atoms. The van der Waals surface area contributed by atoms with E-state index in [2.05, 4.69) is 17.1 Å². The number of hydrogen-bond acceptors (Lipinski definition) is 3. The fraction of sp³-hybridized carbons (Fsp3) is 0.565. The Hall–Kier alpha value is -2.04. The predicted molar refractivity (Wildman–Crippen MR) is 107 cm³/mol. The molecule has 0 aliphatic heterocycles. The molecule has 1 aromatic heterocycles. The average Bonchev–Trinajstić information content (AvgIpc) is 2.72. The maximum atomic E-state index is 14.3. The maximum absolute atomic E-state index is 14.3. The number of nitrogens with zero attached hydrogens (tertiary/aromatic N) is 2. The Labute approximate surface area is 166 Å². The van der Waals surface area contributed by atoms with Crippen LogP contribution in [0.1, 0.15) is 64.5 Å². The number of benzene rings is 1. The fourth-order valence-corrected chi connectivity index (χ4v) is 4.20. The van der Waals surface area contributed by atoms with E-state index in [1.54, 1.807) is 13.0 Å². The van der Waals surface area contributed by atoms with Gasteiger partial charge in [0, 0.05) is 5.56 Å². The number of aryl methyl sites for hydroxylation is 1. The topological polar surface area (TPSA) is 35.0 Å². The van der Waals surface area contributed by atoms with Crippen molar-refractivity contribution >= 4 is 0 Å². The molecule has 0 amide bonds. The van der Waals surface area contributed by atoms with Crippen molar-refractivity contribution in [1.82, 2.24) is 10.2 Å². The summed E-state index contributed by atoms with van der Waals surface area (Å²) >= 11 is 0. The lowest BCUT2D eigenvalue weighted by Crippen LogP contribution is -2.15. The molecule has 0 bridgehead atoms. The molecule has 0 unspecified atom stereocenters. The largest absolute Gasteiger partial charge is 0.491 e. The second-order valence-electron chi connectivity index (χ2n) is 7.80. The van der Waals surface area contributed by atoms with Crippen molar-refractivity contribution in [2.75, 3.05) is 6.61 Å². The summed E-state index contributed by atoms with van der Waals surface area (Å²) < 4.78 is 33.5. The highest BCUT2D eigenvalue weighted by molar-refractivity contribution is 5.61. The van der Waals surface area contributed by atoms with E-state index in [1.165, 1.54) is 50.7 Å². The molecule has 0 spiro atoms. The molecule has 1 saturated carbocycles. The second kappa shape index (κ2) is 9.94. The minimum atomic E-state index is -0.982. The number of rotatable bonds is 8. The van der Waals surface area contributed by atoms with Gasteiger partial charge in [-0.2, -0.15) is 14.6 Å². The molecule has 1 fully saturated rings. The third-order valence-corrected chi connectivity index (χ3v) is 5.81. The summed E-state index contributed by atoms with van der Waals surface area (Å²) in [6.07, 6.45) is 9.99. The van der Waals surface area contributed by atoms with Crippen LogP contribution in [-0.2, 0) is 6.42 Å². The molecule has 1 aliphatic carbocycles. The Morgan fingerprint density at radius 3 is 2.21 bits per heavy atom. The van der Waals surface area contributed by atoms with Gasteiger partial charge in [-0.1, -0.05) is 45.4 Å². The molecule has 2 aromatic rings. The lowest BCUT2D eigenvalue weighted by atomic mass is 9.78. The van der Waals surface area contributed by atoms with Crippen LogP contribution in [0.3, 0.4) is 0 Å². The molecule has 5 heteroatoms. The van der Waals surface area contributed by atoms with Gasteiger partial charge < -0.3 is 4.74 Å². The van der Waals surface area contributed by atoms with Crippen molar-refractivity contribution in [2.45, 2.75) is 65.2 Å². The first-order chi connectivity index (χ1) is 13.6. The Bertz CT molecular complexity index is 756. The summed E-state index contributed by atoms with van der Waals surface area (Å²) in [5.74, 6) is -0.320. The fourth-order valence-electron chi connectivity index (χ4n) is 4.20. The third kappa shape index (κ3) is 5.06. The summed E-state index contributed by atoms with van der Waals surface area (Å²) in [5.41, 5.74) is 1.35. The molecule has 0 atom stereocenters. The van der Waals surface area contributed by atoms with E-state index in [4.69, 9.17) is 4.74 Å². The minimum Gasteiger partial charge on any atom is -0.491 e. The zero-order chi connectivity index (χ0) is 19.9. The van der Waals surface area contributed by atoms with Crippen molar-refractivity contribution in [1.29, 1.82) is 0 Å². The second-order valence-corrected chi connectivity index (χ2v) is 7.80. The Morgan fingerprint density at radius 1 is 0.893 bits per heavy atom. The van der Waals surface area contributed by atoms with E-state index in [0.717, 1.165) is 30.4 Å². The van der Waals surface area contributed by atoms with Gasteiger partial charge in [0.05, 0.1) is 18.0 Å². The zero-order valence-electron chi connectivity index (χ0n) is 16.9. The van der Waals surface area contributed by atoms with Gasteiger partial charge >= 0.3 is 0 Å². The average molecular weight is 389 g/mol. The van der Waals surface area contributed by atoms with Gasteiger partial charge in [-0.15, -0.1) is 0 Å². The van der Waals surface area contributed by atoms with Crippen LogP contribution in [-0.4, -0.2) is 16.8 Å². The molecule has 3 nitrogen and oxygen atoms in total. The number of halogens is 2. The quantitative estimate of drug-likeness (QED) is 0.528. The van der Waals surface area contributed by atoms with E-state index in [-0.39, 0.29) is 17.9 Å². The molecule has 1 heterocycles. The van der Waals surface area contributed by atoms with E-state index < -0.39 is 11.6 Å². The monoisotopic (exact) mass is 388 g/mol. The first-order valence-electron chi connectivity index (χ1n) is 10.6. The highest BCUT2D eigenvalue weighted by atomic mass is 19.2. The van der Waals surface area contributed by atoms with Crippen molar-refractivity contribution < 1.29 is 13.5 Å². The van der Waals surface area contributed by atoms with Crippen molar-refractivity contribution in [2.24, 2.45) is 11.8 Å². The van der Waals surface area contributed by atoms with E-state index in [9.17, 15) is 8.78 Å². The smallest absolute Gasteiger partial charge is 0.201 e. The lowest BCUT2D eigenvalue weighted by molar-refractivity contribution is 0.252. The lowest BCUT2D eigenvalue weighted by Gasteiger charge is -2.28. The summed E-state index contributed by atoms with van der Waals surface area (Å²) in [7, 11) is 0. The summed E-state index contributed by atoms with van der Waals surface area (Å²) in [6.45, 7) is 4.28. The normalized spacial score (nSPS) is 19.6. The Morgan fingerprint density at radius 2 is 1.61 bits per heavy atom. The number of aromatic nitrogens is 2. The Kier molecular flexibility index (Phi) is 7.35. The molecule has 0 N–H and O–H groups in total. The van der Waals surface area contributed by atoms with Crippen LogP contribution in [0, 0.1) is 23.5 Å². The molecular formula is C23H30F2N2O. The first kappa shape index (κ1) is 20.7. The van der Waals surface area contributed by atoms with Crippen LogP contribution in [0.5, 0.6) is 5.75 Å². The van der Waals surface area contributed by atoms with Crippen molar-refractivity contribution in [3.8, 4) is 17.0 Å². The van der Waals surface area contributed by atoms with Gasteiger partial charge in [0.15, 0.2) is 11.6 Å². The van der Waals surface area contributed by atoms with Gasteiger partial charge in [-0.3, -0.25) is 0 Å². The van der Waals surface area contributed by atoms with Gasteiger partial charge in [0.2, 0.25) is 5.82 Å². The highest BCUT2D eigenvalue weighted by Crippen LogP contribution is 2.34. The van der Waals surface area contributed by atoms with Gasteiger partial charge in [-0.05, 0) is 55.9 Å². The van der Waals surface area contributed by atoms with Crippen molar-refractivity contribution in [3.63, 3.8) is 0 Å². The van der Waals surface area contributed by atoms with E-state index in [1.807, 2.05) is 6.07 Å². The van der Waals surface area contributed by atoms with Crippen LogP contribution in [0.25, 0.3) is 11.3 Å². The van der Waals surface area contributed by atoms with Gasteiger partial charge in [0.1, 0.15) is 0 Å². The van der Waals surface area contributed by atoms with E-state index >= 15 is 0 Å². The third-order valence-electron chi connectivity index (χ3n) is 5.81. The standard InChI is InChI=1S/C23H30F2N2O/c1-3-5-16-6-8-17(9-7-16)10-11-18-12-14-20(27-26-18)19-13-15-21(28-4-2)23(25)22(19)24/h12-17H,3-11H2,1-2H3. The minimum absolute atomic E-state index is 0.0815. The number of hydrogen-bond donors (Lipinski definition) is 0. The van der Waals surface area contributed by atoms with Gasteiger partial charge in [0.25, 0.3) is 0 Å². The molecule has 1 aliphatic rings. The molecule has 3 rings (SSSR count). The summed E-state index contributed by atoms with van der Waals surface area (Å²) in [4.78, 5) is 0. The van der Waals surface area contributed by atoms with Crippen LogP contribution in [0.15, 0.2) is 24.3 Å². The molecule has 152 valence electrons. The molecular weight excluding hydrogens is 358 g/mol. The molecule has 1 aromatic carbocycles. The summed E-state index contributed by atoms with van der Waals surface area (Å²) in [5, 5.41) is 8.37. The number of ether oxygens (including phenoxy) is 1. The van der Waals surface area contributed by atoms with E-state index in [0.29, 0.717) is 5.69 Å². The van der Waals surface area contributed by atoms with Crippen LogP contribution in [0.4, 0.5) is 8.78 Å². The molecule has 0 radical (unpaired) electrons. The SMILES string of the molecule is CCCC1CCC(CCc2ccc(-c3ccc(OCC)c(F)c3F)nn2)CC1. The Balaban J connectivity index is 1.58. The van der Waals surface area contributed by atoms with Crippen LogP contribution in [0.2, 0.25) is 0 Å². The van der Waals surface area contributed by atoms with Crippen LogP contribution >= 0.6 is 0 Å². The van der Waals surface area contributed by atoms with Crippen molar-refractivity contribution in [3.05, 3.63) is 41.6 Å². The molecule has 0 saturated heterocycles. The zero-order valence-corrected chi connectivity index (χ0v) is 16.9.